The summed E-state index contributed by atoms with van der Waals surface area (Å²) in [5.41, 5.74) is 8.02. The number of piperidine rings is 1. The van der Waals surface area contributed by atoms with Crippen molar-refractivity contribution >= 4 is 17.8 Å². The van der Waals surface area contributed by atoms with Crippen LogP contribution in [-0.2, 0) is 11.3 Å². The number of hydrogen-bond acceptors (Lipinski definition) is 4. The lowest BCUT2D eigenvalue weighted by Gasteiger charge is -2.31. The third kappa shape index (κ3) is 7.69. The Bertz CT molecular complexity index is 916. The molecule has 1 aromatic carbocycles. The first kappa shape index (κ1) is 27.0. The fourth-order valence-electron chi connectivity index (χ4n) is 4.52. The maximum atomic E-state index is 12.4. The molecule has 3 amide bonds. The van der Waals surface area contributed by atoms with Crippen LogP contribution in [0.25, 0.3) is 0 Å². The number of carbonyl (C=O) groups is 2. The number of likely N-dealkylation sites (tertiary alicyclic amines) is 2. The van der Waals surface area contributed by atoms with Gasteiger partial charge in [0.25, 0.3) is 0 Å². The van der Waals surface area contributed by atoms with Crippen LogP contribution in [-0.4, -0.2) is 66.9 Å². The van der Waals surface area contributed by atoms with Gasteiger partial charge in [-0.05, 0) is 68.2 Å². The zero-order valence-corrected chi connectivity index (χ0v) is 22.1. The smallest absolute Gasteiger partial charge is 0.345 e. The Balaban J connectivity index is 1.34. The van der Waals surface area contributed by atoms with Crippen molar-refractivity contribution in [3.63, 3.8) is 0 Å². The van der Waals surface area contributed by atoms with E-state index in [9.17, 15) is 9.59 Å². The molecule has 35 heavy (non-hydrogen) atoms. The number of ether oxygens (including phenoxy) is 1. The van der Waals surface area contributed by atoms with E-state index in [-0.39, 0.29) is 23.4 Å². The molecule has 2 fully saturated rings. The molecule has 2 aliphatic rings. The number of nitrogens with zero attached hydrogens (tertiary/aromatic N) is 3. The molecule has 2 saturated heterocycles. The standard InChI is InChI=1S/C27H43N5O3/c1-19-17-22(9-8-21(19)18-29-23-12-13-31(5)24(23)33)35-16-6-7-20-10-14-32(15-11-20)26(34)30-25(28)27(2,3)4/h8-9,17,20,23,29H,6-7,10-16,18H2,1-5H3,(H2,28,30,34). The molecule has 0 aromatic heterocycles. The Kier molecular flexibility index (Phi) is 9.16. The maximum Gasteiger partial charge on any atom is 0.345 e. The normalized spacial score (nSPS) is 20.0. The third-order valence-corrected chi connectivity index (χ3v) is 7.18. The number of aryl methyl sites for hydroxylation is 1. The fourth-order valence-corrected chi connectivity index (χ4v) is 4.52. The Hall–Kier alpha value is -2.61. The van der Waals surface area contributed by atoms with Crippen LogP contribution in [0.15, 0.2) is 23.2 Å². The number of nitrogens with one attached hydrogen (secondary N) is 1. The highest BCUT2D eigenvalue weighted by Gasteiger charge is 2.28. The van der Waals surface area contributed by atoms with Gasteiger partial charge in [0.1, 0.15) is 11.6 Å². The second kappa shape index (κ2) is 11.9. The van der Waals surface area contributed by atoms with Crippen LogP contribution < -0.4 is 15.8 Å². The van der Waals surface area contributed by atoms with Crippen molar-refractivity contribution < 1.29 is 14.3 Å². The summed E-state index contributed by atoms with van der Waals surface area (Å²) in [5.74, 6) is 2.06. The zero-order chi connectivity index (χ0) is 25.6. The highest BCUT2D eigenvalue weighted by molar-refractivity contribution is 5.95. The average Bonchev–Trinajstić information content (AvgIpc) is 3.13. The predicted octanol–water partition coefficient (Wildman–Crippen LogP) is 3.71. The Morgan fingerprint density at radius 2 is 1.91 bits per heavy atom. The number of benzene rings is 1. The van der Waals surface area contributed by atoms with Gasteiger partial charge in [-0.15, -0.1) is 0 Å². The van der Waals surface area contributed by atoms with Gasteiger partial charge in [-0.3, -0.25) is 4.79 Å². The van der Waals surface area contributed by atoms with E-state index in [1.165, 1.54) is 11.1 Å². The van der Waals surface area contributed by atoms with Crippen molar-refractivity contribution in [2.24, 2.45) is 22.1 Å². The van der Waals surface area contributed by atoms with Gasteiger partial charge in [0, 0.05) is 38.6 Å². The third-order valence-electron chi connectivity index (χ3n) is 7.18. The number of amidine groups is 1. The summed E-state index contributed by atoms with van der Waals surface area (Å²) in [6, 6.07) is 5.89. The minimum absolute atomic E-state index is 0.0744. The van der Waals surface area contributed by atoms with Crippen LogP contribution >= 0.6 is 0 Å². The monoisotopic (exact) mass is 485 g/mol. The molecular formula is C27H43N5O3. The molecule has 0 bridgehead atoms. The summed E-state index contributed by atoms with van der Waals surface area (Å²) < 4.78 is 6.00. The van der Waals surface area contributed by atoms with Gasteiger partial charge < -0.3 is 25.6 Å². The van der Waals surface area contributed by atoms with E-state index in [4.69, 9.17) is 10.5 Å². The fraction of sp³-hybridized carbons (Fsp3) is 0.667. The maximum absolute atomic E-state index is 12.4. The molecule has 1 atom stereocenters. The van der Waals surface area contributed by atoms with Gasteiger partial charge >= 0.3 is 6.03 Å². The summed E-state index contributed by atoms with van der Waals surface area (Å²) in [6.07, 6.45) is 4.95. The van der Waals surface area contributed by atoms with Gasteiger partial charge in [-0.25, -0.2) is 4.79 Å². The van der Waals surface area contributed by atoms with Crippen molar-refractivity contribution in [2.45, 2.75) is 72.4 Å². The molecule has 2 heterocycles. The number of likely N-dealkylation sites (N-methyl/N-ethyl adjacent to an activating group) is 1. The van der Waals surface area contributed by atoms with E-state index in [1.54, 1.807) is 4.90 Å². The molecular weight excluding hydrogens is 442 g/mol. The molecule has 0 radical (unpaired) electrons. The first-order chi connectivity index (χ1) is 16.5. The van der Waals surface area contributed by atoms with Crippen LogP contribution in [0.1, 0.15) is 64.0 Å². The quantitative estimate of drug-likeness (QED) is 0.332. The highest BCUT2D eigenvalue weighted by atomic mass is 16.5. The molecule has 0 saturated carbocycles. The molecule has 8 nitrogen and oxygen atoms in total. The van der Waals surface area contributed by atoms with Crippen molar-refractivity contribution in [2.75, 3.05) is 33.3 Å². The average molecular weight is 486 g/mol. The SMILES string of the molecule is Cc1cc(OCCCC2CCN(C(=O)/N=C(\N)C(C)(C)C)CC2)ccc1CNC1CCN(C)C1=O. The van der Waals surface area contributed by atoms with Gasteiger partial charge in [-0.2, -0.15) is 4.99 Å². The van der Waals surface area contributed by atoms with Crippen molar-refractivity contribution in [3.05, 3.63) is 29.3 Å². The highest BCUT2D eigenvalue weighted by Crippen LogP contribution is 2.24. The summed E-state index contributed by atoms with van der Waals surface area (Å²) in [5, 5.41) is 3.38. The number of aliphatic imine (C=N–C) groups is 1. The second-order valence-corrected chi connectivity index (χ2v) is 11.0. The molecule has 8 heteroatoms. The molecule has 3 N–H and O–H groups in total. The predicted molar refractivity (Wildman–Crippen MR) is 140 cm³/mol. The first-order valence-electron chi connectivity index (χ1n) is 12.9. The lowest BCUT2D eigenvalue weighted by atomic mass is 9.92. The minimum Gasteiger partial charge on any atom is -0.494 e. The summed E-state index contributed by atoms with van der Waals surface area (Å²) >= 11 is 0. The zero-order valence-electron chi connectivity index (χ0n) is 22.1. The van der Waals surface area contributed by atoms with Gasteiger partial charge in [0.05, 0.1) is 12.6 Å². The first-order valence-corrected chi connectivity index (χ1v) is 12.9. The van der Waals surface area contributed by atoms with E-state index in [1.807, 2.05) is 38.8 Å². The Labute approximate surface area is 210 Å². The molecule has 0 aliphatic carbocycles. The number of hydrogen-bond donors (Lipinski definition) is 2. The lowest BCUT2D eigenvalue weighted by molar-refractivity contribution is -0.128. The Morgan fingerprint density at radius 3 is 2.51 bits per heavy atom. The van der Waals surface area contributed by atoms with E-state index in [0.29, 0.717) is 24.9 Å². The molecule has 1 aromatic rings. The van der Waals surface area contributed by atoms with Crippen LogP contribution in [0, 0.1) is 18.3 Å². The summed E-state index contributed by atoms with van der Waals surface area (Å²) in [7, 11) is 1.85. The molecule has 0 spiro atoms. The number of carbonyl (C=O) groups excluding carboxylic acids is 2. The largest absolute Gasteiger partial charge is 0.494 e. The van der Waals surface area contributed by atoms with E-state index < -0.39 is 0 Å². The van der Waals surface area contributed by atoms with Crippen molar-refractivity contribution in [3.8, 4) is 5.75 Å². The molecule has 194 valence electrons. The number of amides is 3. The number of nitrogens with two attached hydrogens (primary N) is 1. The van der Waals surface area contributed by atoms with Gasteiger partial charge in [0.2, 0.25) is 5.91 Å². The van der Waals surface area contributed by atoms with Crippen LogP contribution in [0.3, 0.4) is 0 Å². The summed E-state index contributed by atoms with van der Waals surface area (Å²) in [4.78, 5) is 32.1. The van der Waals surface area contributed by atoms with Crippen LogP contribution in [0.2, 0.25) is 0 Å². The topological polar surface area (TPSA) is 100 Å². The lowest BCUT2D eigenvalue weighted by Crippen LogP contribution is -2.39. The van der Waals surface area contributed by atoms with Crippen LogP contribution in [0.4, 0.5) is 4.79 Å². The number of rotatable bonds is 8. The van der Waals surface area contributed by atoms with E-state index in [2.05, 4.69) is 29.4 Å². The van der Waals surface area contributed by atoms with Crippen LogP contribution in [0.5, 0.6) is 5.75 Å². The number of urea groups is 1. The van der Waals surface area contributed by atoms with Gasteiger partial charge in [-0.1, -0.05) is 26.8 Å². The Morgan fingerprint density at radius 1 is 1.20 bits per heavy atom. The minimum atomic E-state index is -0.295. The van der Waals surface area contributed by atoms with E-state index in [0.717, 1.165) is 57.5 Å². The van der Waals surface area contributed by atoms with Crippen molar-refractivity contribution in [1.82, 2.24) is 15.1 Å². The van der Waals surface area contributed by atoms with Crippen molar-refractivity contribution in [1.29, 1.82) is 0 Å². The summed E-state index contributed by atoms with van der Waals surface area (Å²) in [6.45, 7) is 11.6. The molecule has 2 aliphatic heterocycles. The molecule has 1 unspecified atom stereocenters. The second-order valence-electron chi connectivity index (χ2n) is 11.0. The van der Waals surface area contributed by atoms with E-state index >= 15 is 0 Å². The van der Waals surface area contributed by atoms with Gasteiger partial charge in [0.15, 0.2) is 0 Å². The molecule has 3 rings (SSSR count).